The summed E-state index contributed by atoms with van der Waals surface area (Å²) in [6.07, 6.45) is 0. The van der Waals surface area contributed by atoms with E-state index in [-0.39, 0.29) is 0 Å². The van der Waals surface area contributed by atoms with Gasteiger partial charge < -0.3 is 4.74 Å². The Kier molecular flexibility index (Phi) is 4.07. The van der Waals surface area contributed by atoms with Gasteiger partial charge >= 0.3 is 0 Å². The average Bonchev–Trinajstić information content (AvgIpc) is 2.37. The maximum absolute atomic E-state index is 5.92. The van der Waals surface area contributed by atoms with Crippen molar-refractivity contribution in [3.8, 4) is 5.75 Å². The summed E-state index contributed by atoms with van der Waals surface area (Å²) in [6, 6.07) is 12.4. The molecule has 0 saturated heterocycles. The Labute approximate surface area is 117 Å². The van der Waals surface area contributed by atoms with E-state index in [0.29, 0.717) is 6.61 Å². The molecule has 0 saturated carbocycles. The van der Waals surface area contributed by atoms with Gasteiger partial charge in [-0.05, 0) is 55.2 Å². The van der Waals surface area contributed by atoms with Crippen molar-refractivity contribution in [2.75, 3.05) is 0 Å². The molecule has 2 aromatic rings. The Morgan fingerprint density at radius 3 is 2.39 bits per heavy atom. The molecular weight excluding hydrogens is 288 g/mol. The minimum atomic E-state index is 0.620. The zero-order chi connectivity index (χ0) is 13.1. The fourth-order valence-electron chi connectivity index (χ4n) is 1.85. The number of aryl methyl sites for hydroxylation is 1. The molecule has 0 amide bonds. The number of hydrogen-bond donors (Lipinski definition) is 0. The molecule has 0 aliphatic rings. The second-order valence-corrected chi connectivity index (χ2v) is 5.37. The van der Waals surface area contributed by atoms with E-state index in [0.717, 1.165) is 10.2 Å². The van der Waals surface area contributed by atoms with Crippen molar-refractivity contribution < 1.29 is 4.74 Å². The number of benzene rings is 2. The Bertz CT molecular complexity index is 561. The van der Waals surface area contributed by atoms with Crippen LogP contribution in [0.5, 0.6) is 5.75 Å². The second-order valence-electron chi connectivity index (χ2n) is 4.51. The first kappa shape index (κ1) is 13.2. The maximum Gasteiger partial charge on any atom is 0.123 e. The highest BCUT2D eigenvalue weighted by Crippen LogP contribution is 2.28. The average molecular weight is 305 g/mol. The van der Waals surface area contributed by atoms with Crippen LogP contribution >= 0.6 is 15.9 Å². The number of ether oxygens (including phenoxy) is 1. The van der Waals surface area contributed by atoms with E-state index in [1.165, 1.54) is 22.3 Å². The van der Waals surface area contributed by atoms with Crippen LogP contribution < -0.4 is 4.74 Å². The summed E-state index contributed by atoms with van der Waals surface area (Å²) in [5.74, 6) is 0.957. The van der Waals surface area contributed by atoms with Crippen LogP contribution in [-0.2, 0) is 6.61 Å². The normalized spacial score (nSPS) is 10.4. The lowest BCUT2D eigenvalue weighted by molar-refractivity contribution is 0.303. The van der Waals surface area contributed by atoms with Crippen LogP contribution in [0.2, 0.25) is 0 Å². The van der Waals surface area contributed by atoms with Crippen LogP contribution in [0.4, 0.5) is 0 Å². The van der Waals surface area contributed by atoms with Crippen LogP contribution in [0.1, 0.15) is 22.3 Å². The predicted octanol–water partition coefficient (Wildman–Crippen LogP) is 4.95. The highest BCUT2D eigenvalue weighted by Gasteiger charge is 2.06. The molecule has 2 heteroatoms. The van der Waals surface area contributed by atoms with Gasteiger partial charge in [-0.25, -0.2) is 0 Å². The van der Waals surface area contributed by atoms with E-state index in [4.69, 9.17) is 4.74 Å². The van der Waals surface area contributed by atoms with Gasteiger partial charge in [0.1, 0.15) is 12.4 Å². The van der Waals surface area contributed by atoms with Crippen molar-refractivity contribution >= 4 is 15.9 Å². The topological polar surface area (TPSA) is 9.23 Å². The second kappa shape index (κ2) is 5.57. The third-order valence-corrected chi connectivity index (χ3v) is 4.17. The molecule has 0 aliphatic heterocycles. The monoisotopic (exact) mass is 304 g/mol. The van der Waals surface area contributed by atoms with E-state index in [1.54, 1.807) is 0 Å². The summed E-state index contributed by atoms with van der Waals surface area (Å²) in [5, 5.41) is 0. The van der Waals surface area contributed by atoms with E-state index in [9.17, 15) is 0 Å². The molecule has 1 nitrogen and oxygen atoms in total. The molecule has 0 aromatic heterocycles. The zero-order valence-electron chi connectivity index (χ0n) is 11.0. The first-order chi connectivity index (χ1) is 8.59. The van der Waals surface area contributed by atoms with Gasteiger partial charge in [-0.3, -0.25) is 0 Å². The maximum atomic E-state index is 5.92. The standard InChI is InChI=1S/C16H17BrO/c1-11-6-4-5-7-14(11)10-18-16-9-8-15(17)12(2)13(16)3/h4-9H,10H2,1-3H3. The van der Waals surface area contributed by atoms with Gasteiger partial charge in [-0.2, -0.15) is 0 Å². The highest BCUT2D eigenvalue weighted by molar-refractivity contribution is 9.10. The van der Waals surface area contributed by atoms with E-state index in [1.807, 2.05) is 24.3 Å². The molecular formula is C16H17BrO. The van der Waals surface area contributed by atoms with Gasteiger partial charge in [0.25, 0.3) is 0 Å². The lowest BCUT2D eigenvalue weighted by atomic mass is 10.1. The number of halogens is 1. The van der Waals surface area contributed by atoms with Crippen molar-refractivity contribution in [1.29, 1.82) is 0 Å². The van der Waals surface area contributed by atoms with Crippen LogP contribution in [0.3, 0.4) is 0 Å². The molecule has 0 bridgehead atoms. The van der Waals surface area contributed by atoms with Gasteiger partial charge in [0.2, 0.25) is 0 Å². The van der Waals surface area contributed by atoms with Gasteiger partial charge in [0.15, 0.2) is 0 Å². The molecule has 0 fully saturated rings. The van der Waals surface area contributed by atoms with E-state index >= 15 is 0 Å². The molecule has 0 spiro atoms. The zero-order valence-corrected chi connectivity index (χ0v) is 12.5. The SMILES string of the molecule is Cc1ccccc1COc1ccc(Br)c(C)c1C. The molecule has 18 heavy (non-hydrogen) atoms. The van der Waals surface area contributed by atoms with Crippen molar-refractivity contribution in [2.24, 2.45) is 0 Å². The first-order valence-corrected chi connectivity index (χ1v) is 6.82. The third-order valence-electron chi connectivity index (χ3n) is 3.32. The first-order valence-electron chi connectivity index (χ1n) is 6.02. The molecule has 0 radical (unpaired) electrons. The van der Waals surface area contributed by atoms with Crippen molar-refractivity contribution in [3.63, 3.8) is 0 Å². The van der Waals surface area contributed by atoms with Gasteiger partial charge in [0, 0.05) is 4.47 Å². The fraction of sp³-hybridized carbons (Fsp3) is 0.250. The molecule has 0 N–H and O–H groups in total. The van der Waals surface area contributed by atoms with Gasteiger partial charge in [-0.1, -0.05) is 40.2 Å². The van der Waals surface area contributed by atoms with Crippen LogP contribution in [0.15, 0.2) is 40.9 Å². The summed E-state index contributed by atoms with van der Waals surface area (Å²) >= 11 is 3.53. The summed E-state index contributed by atoms with van der Waals surface area (Å²) in [4.78, 5) is 0. The highest BCUT2D eigenvalue weighted by atomic mass is 79.9. The quantitative estimate of drug-likeness (QED) is 0.779. The summed E-state index contributed by atoms with van der Waals surface area (Å²) in [6.45, 7) is 6.92. The predicted molar refractivity (Wildman–Crippen MR) is 79.1 cm³/mol. The van der Waals surface area contributed by atoms with E-state index < -0.39 is 0 Å². The Hall–Kier alpha value is -1.28. The van der Waals surface area contributed by atoms with Crippen LogP contribution in [-0.4, -0.2) is 0 Å². The molecule has 0 heterocycles. The van der Waals surface area contributed by atoms with Crippen molar-refractivity contribution in [1.82, 2.24) is 0 Å². The van der Waals surface area contributed by atoms with Gasteiger partial charge in [-0.15, -0.1) is 0 Å². The Morgan fingerprint density at radius 1 is 0.944 bits per heavy atom. The fourth-order valence-corrected chi connectivity index (χ4v) is 2.28. The molecule has 0 unspecified atom stereocenters. The number of hydrogen-bond acceptors (Lipinski definition) is 1. The summed E-state index contributed by atoms with van der Waals surface area (Å²) < 4.78 is 7.05. The van der Waals surface area contributed by atoms with Crippen LogP contribution in [0.25, 0.3) is 0 Å². The minimum Gasteiger partial charge on any atom is -0.489 e. The Morgan fingerprint density at radius 2 is 1.67 bits per heavy atom. The summed E-state index contributed by atoms with van der Waals surface area (Å²) in [5.41, 5.74) is 4.93. The minimum absolute atomic E-state index is 0.620. The third kappa shape index (κ3) is 2.75. The van der Waals surface area contributed by atoms with Gasteiger partial charge in [0.05, 0.1) is 0 Å². The molecule has 0 aliphatic carbocycles. The molecule has 94 valence electrons. The Balaban J connectivity index is 2.17. The van der Waals surface area contributed by atoms with E-state index in [2.05, 4.69) is 48.8 Å². The van der Waals surface area contributed by atoms with Crippen molar-refractivity contribution in [2.45, 2.75) is 27.4 Å². The molecule has 2 aromatic carbocycles. The summed E-state index contributed by atoms with van der Waals surface area (Å²) in [7, 11) is 0. The molecule has 2 rings (SSSR count). The largest absolute Gasteiger partial charge is 0.489 e. The lowest BCUT2D eigenvalue weighted by Crippen LogP contribution is -2.00. The smallest absolute Gasteiger partial charge is 0.123 e. The van der Waals surface area contributed by atoms with Crippen molar-refractivity contribution in [3.05, 3.63) is 63.1 Å². The van der Waals surface area contributed by atoms with Crippen LogP contribution in [0, 0.1) is 20.8 Å². The number of rotatable bonds is 3. The molecule has 0 atom stereocenters. The lowest BCUT2D eigenvalue weighted by Gasteiger charge is -2.13.